The van der Waals surface area contributed by atoms with Gasteiger partial charge in [0.15, 0.2) is 0 Å². The molecule has 126 valence electrons. The van der Waals surface area contributed by atoms with Crippen molar-refractivity contribution in [3.63, 3.8) is 0 Å². The molecular formula is C19H27NO3. The van der Waals surface area contributed by atoms with Gasteiger partial charge in [-0.15, -0.1) is 0 Å². The SMILES string of the molecule is Cc1cccc(C(C=O)C2CCN(C(=O)OC(C)(C)C)CC2)c1. The molecule has 1 unspecified atom stereocenters. The zero-order valence-corrected chi connectivity index (χ0v) is 14.5. The highest BCUT2D eigenvalue weighted by Crippen LogP contribution is 2.32. The zero-order valence-electron chi connectivity index (χ0n) is 14.5. The molecule has 0 radical (unpaired) electrons. The van der Waals surface area contributed by atoms with Gasteiger partial charge in [0.25, 0.3) is 0 Å². The summed E-state index contributed by atoms with van der Waals surface area (Å²) < 4.78 is 5.42. The Hall–Kier alpha value is -1.84. The number of carbonyl (C=O) groups excluding carboxylic acids is 2. The molecule has 0 bridgehead atoms. The maximum atomic E-state index is 12.1. The highest BCUT2D eigenvalue weighted by atomic mass is 16.6. The molecular weight excluding hydrogens is 290 g/mol. The number of nitrogens with zero attached hydrogens (tertiary/aromatic N) is 1. The van der Waals surface area contributed by atoms with Crippen molar-refractivity contribution >= 4 is 12.4 Å². The smallest absolute Gasteiger partial charge is 0.410 e. The minimum Gasteiger partial charge on any atom is -0.444 e. The third kappa shape index (κ3) is 4.81. The monoisotopic (exact) mass is 317 g/mol. The van der Waals surface area contributed by atoms with Crippen molar-refractivity contribution in [3.8, 4) is 0 Å². The lowest BCUT2D eigenvalue weighted by Gasteiger charge is -2.35. The van der Waals surface area contributed by atoms with E-state index in [1.165, 1.54) is 5.56 Å². The van der Waals surface area contributed by atoms with Gasteiger partial charge < -0.3 is 14.4 Å². The van der Waals surface area contributed by atoms with E-state index in [-0.39, 0.29) is 17.9 Å². The van der Waals surface area contributed by atoms with Crippen LogP contribution in [0.1, 0.15) is 50.7 Å². The van der Waals surface area contributed by atoms with E-state index in [4.69, 9.17) is 4.74 Å². The summed E-state index contributed by atoms with van der Waals surface area (Å²) in [5.74, 6) is 0.198. The molecule has 1 atom stereocenters. The molecule has 0 aliphatic carbocycles. The summed E-state index contributed by atoms with van der Waals surface area (Å²) in [7, 11) is 0. The van der Waals surface area contributed by atoms with Crippen molar-refractivity contribution in [2.75, 3.05) is 13.1 Å². The molecule has 1 fully saturated rings. The van der Waals surface area contributed by atoms with Gasteiger partial charge in [0, 0.05) is 19.0 Å². The summed E-state index contributed by atoms with van der Waals surface area (Å²) >= 11 is 0. The largest absolute Gasteiger partial charge is 0.444 e. The van der Waals surface area contributed by atoms with Crippen LogP contribution in [0.4, 0.5) is 4.79 Å². The number of benzene rings is 1. The normalized spacial score (nSPS) is 17.7. The number of hydrogen-bond donors (Lipinski definition) is 0. The fraction of sp³-hybridized carbons (Fsp3) is 0.579. The van der Waals surface area contributed by atoms with Crippen LogP contribution in [0.2, 0.25) is 0 Å². The fourth-order valence-electron chi connectivity index (χ4n) is 3.11. The molecule has 4 nitrogen and oxygen atoms in total. The second-order valence-corrected chi connectivity index (χ2v) is 7.38. The molecule has 0 spiro atoms. The lowest BCUT2D eigenvalue weighted by Crippen LogP contribution is -2.42. The third-order valence-electron chi connectivity index (χ3n) is 4.27. The summed E-state index contributed by atoms with van der Waals surface area (Å²) in [5.41, 5.74) is 1.78. The number of aldehydes is 1. The lowest BCUT2D eigenvalue weighted by molar-refractivity contribution is -0.110. The van der Waals surface area contributed by atoms with Gasteiger partial charge >= 0.3 is 6.09 Å². The molecule has 1 aliphatic heterocycles. The summed E-state index contributed by atoms with van der Waals surface area (Å²) in [6.45, 7) is 8.95. The Kier molecular flexibility index (Phi) is 5.45. The Bertz CT molecular complexity index is 554. The van der Waals surface area contributed by atoms with Gasteiger partial charge in [0.2, 0.25) is 0 Å². The van der Waals surface area contributed by atoms with Gasteiger partial charge in [-0.25, -0.2) is 4.79 Å². The van der Waals surface area contributed by atoms with E-state index in [0.717, 1.165) is 24.7 Å². The third-order valence-corrected chi connectivity index (χ3v) is 4.27. The molecule has 1 heterocycles. The van der Waals surface area contributed by atoms with Crippen LogP contribution in [-0.2, 0) is 9.53 Å². The van der Waals surface area contributed by atoms with Gasteiger partial charge in [0.1, 0.15) is 11.9 Å². The van der Waals surface area contributed by atoms with Gasteiger partial charge in [-0.3, -0.25) is 0 Å². The van der Waals surface area contributed by atoms with E-state index >= 15 is 0 Å². The summed E-state index contributed by atoms with van der Waals surface area (Å²) in [5, 5.41) is 0. The first-order valence-corrected chi connectivity index (χ1v) is 8.30. The van der Waals surface area contributed by atoms with Crippen LogP contribution in [0.3, 0.4) is 0 Å². The Labute approximate surface area is 138 Å². The molecule has 23 heavy (non-hydrogen) atoms. The average Bonchev–Trinajstić information content (AvgIpc) is 2.47. The molecule has 0 aromatic heterocycles. The van der Waals surface area contributed by atoms with Crippen molar-refractivity contribution < 1.29 is 14.3 Å². The quantitative estimate of drug-likeness (QED) is 0.794. The Morgan fingerprint density at radius 2 is 1.96 bits per heavy atom. The molecule has 1 aromatic carbocycles. The first-order valence-electron chi connectivity index (χ1n) is 8.30. The molecule has 0 N–H and O–H groups in total. The van der Waals surface area contributed by atoms with E-state index in [0.29, 0.717) is 13.1 Å². The van der Waals surface area contributed by atoms with E-state index in [2.05, 4.69) is 6.07 Å². The fourth-order valence-corrected chi connectivity index (χ4v) is 3.11. The maximum absolute atomic E-state index is 12.1. The second kappa shape index (κ2) is 7.16. The lowest BCUT2D eigenvalue weighted by atomic mass is 9.80. The second-order valence-electron chi connectivity index (χ2n) is 7.38. The number of piperidine rings is 1. The Morgan fingerprint density at radius 3 is 2.48 bits per heavy atom. The van der Waals surface area contributed by atoms with Crippen molar-refractivity contribution in [1.82, 2.24) is 4.90 Å². The minimum absolute atomic E-state index is 0.0873. The molecule has 1 aromatic rings. The van der Waals surface area contributed by atoms with E-state index in [1.807, 2.05) is 45.9 Å². The highest BCUT2D eigenvalue weighted by molar-refractivity contribution is 5.68. The number of aryl methyl sites for hydroxylation is 1. The van der Waals surface area contributed by atoms with Crippen LogP contribution >= 0.6 is 0 Å². The number of carbonyl (C=O) groups is 2. The van der Waals surface area contributed by atoms with Crippen LogP contribution in [0.25, 0.3) is 0 Å². The van der Waals surface area contributed by atoms with Crippen molar-refractivity contribution in [2.24, 2.45) is 5.92 Å². The van der Waals surface area contributed by atoms with Crippen LogP contribution in [-0.4, -0.2) is 36.0 Å². The summed E-state index contributed by atoms with van der Waals surface area (Å²) in [6, 6.07) is 8.14. The predicted octanol–water partition coefficient (Wildman–Crippen LogP) is 3.92. The number of ether oxygens (including phenoxy) is 1. The van der Waals surface area contributed by atoms with Crippen LogP contribution in [0.15, 0.2) is 24.3 Å². The number of rotatable bonds is 3. The first kappa shape index (κ1) is 17.5. The van der Waals surface area contributed by atoms with Gasteiger partial charge in [-0.2, -0.15) is 0 Å². The minimum atomic E-state index is -0.471. The van der Waals surface area contributed by atoms with Crippen molar-refractivity contribution in [1.29, 1.82) is 0 Å². The van der Waals surface area contributed by atoms with Crippen LogP contribution < -0.4 is 0 Å². The van der Waals surface area contributed by atoms with Crippen LogP contribution in [0.5, 0.6) is 0 Å². The average molecular weight is 317 g/mol. The van der Waals surface area contributed by atoms with Gasteiger partial charge in [0.05, 0.1) is 0 Å². The number of hydrogen-bond acceptors (Lipinski definition) is 3. The zero-order chi connectivity index (χ0) is 17.0. The van der Waals surface area contributed by atoms with Crippen molar-refractivity contribution in [2.45, 2.75) is 52.1 Å². The molecule has 2 rings (SSSR count). The van der Waals surface area contributed by atoms with Gasteiger partial charge in [-0.1, -0.05) is 29.8 Å². The summed E-state index contributed by atoms with van der Waals surface area (Å²) in [6.07, 6.45) is 2.46. The number of likely N-dealkylation sites (tertiary alicyclic amines) is 1. The van der Waals surface area contributed by atoms with E-state index in [1.54, 1.807) is 4.90 Å². The topological polar surface area (TPSA) is 46.6 Å². The van der Waals surface area contributed by atoms with E-state index in [9.17, 15) is 9.59 Å². The molecule has 4 heteroatoms. The maximum Gasteiger partial charge on any atom is 0.410 e. The first-order chi connectivity index (χ1) is 10.8. The Balaban J connectivity index is 1.97. The predicted molar refractivity (Wildman–Crippen MR) is 90.5 cm³/mol. The van der Waals surface area contributed by atoms with Crippen LogP contribution in [0, 0.1) is 12.8 Å². The molecule has 1 aliphatic rings. The standard InChI is InChI=1S/C19H27NO3/c1-14-6-5-7-16(12-14)17(13-21)15-8-10-20(11-9-15)18(22)23-19(2,3)4/h5-7,12-13,15,17H,8-11H2,1-4H3. The molecule has 0 saturated carbocycles. The van der Waals surface area contributed by atoms with Gasteiger partial charge in [-0.05, 0) is 52.0 Å². The summed E-state index contributed by atoms with van der Waals surface area (Å²) in [4.78, 5) is 25.5. The molecule has 1 amide bonds. The Morgan fingerprint density at radius 1 is 1.30 bits per heavy atom. The van der Waals surface area contributed by atoms with E-state index < -0.39 is 5.60 Å². The molecule has 1 saturated heterocycles. The number of amides is 1. The van der Waals surface area contributed by atoms with Crippen molar-refractivity contribution in [3.05, 3.63) is 35.4 Å². The highest BCUT2D eigenvalue weighted by Gasteiger charge is 2.31.